The van der Waals surface area contributed by atoms with Gasteiger partial charge in [-0.1, -0.05) is 0 Å². The van der Waals surface area contributed by atoms with E-state index in [2.05, 4.69) is 0 Å². The number of nitro benzene ring substituents is 1. The predicted molar refractivity (Wildman–Crippen MR) is 118 cm³/mol. The number of anilines is 1. The fraction of sp³-hybridized carbons (Fsp3) is 0.381. The van der Waals surface area contributed by atoms with Crippen LogP contribution in [0.15, 0.2) is 47.4 Å². The number of aryl methyl sites for hydroxylation is 1. The van der Waals surface area contributed by atoms with Gasteiger partial charge in [-0.15, -0.1) is 0 Å². The highest BCUT2D eigenvalue weighted by Crippen LogP contribution is 2.28. The number of hydrogen-bond acceptors (Lipinski definition) is 7. The van der Waals surface area contributed by atoms with Crippen molar-refractivity contribution in [3.05, 3.63) is 58.1 Å². The Kier molecular flexibility index (Phi) is 6.42. The Balaban J connectivity index is 1.70. The maximum atomic E-state index is 13.1. The Morgan fingerprint density at radius 1 is 1.09 bits per heavy atom. The molecule has 11 heteroatoms. The zero-order chi connectivity index (χ0) is 23.7. The molecule has 1 aliphatic rings. The van der Waals surface area contributed by atoms with Gasteiger partial charge < -0.3 is 14.7 Å². The molecule has 0 atom stereocenters. The first-order valence-electron chi connectivity index (χ1n) is 9.94. The number of nitro groups is 1. The van der Waals surface area contributed by atoms with E-state index in [4.69, 9.17) is 4.74 Å². The van der Waals surface area contributed by atoms with Crippen LogP contribution in [0.3, 0.4) is 0 Å². The zero-order valence-electron chi connectivity index (χ0n) is 18.0. The molecule has 1 aliphatic heterocycles. The summed E-state index contributed by atoms with van der Waals surface area (Å²) in [6, 6.07) is 10.5. The zero-order valence-corrected chi connectivity index (χ0v) is 18.8. The Labute approximate surface area is 186 Å². The van der Waals surface area contributed by atoms with Crippen molar-refractivity contribution in [3.8, 4) is 5.75 Å². The quantitative estimate of drug-likeness (QED) is 0.490. The van der Waals surface area contributed by atoms with Crippen LogP contribution in [-0.4, -0.2) is 60.5 Å². The number of nitrogens with zero attached hydrogens (tertiary/aromatic N) is 3. The summed E-state index contributed by atoms with van der Waals surface area (Å²) in [6.45, 7) is 5.94. The normalized spacial score (nSPS) is 15.4. The van der Waals surface area contributed by atoms with Crippen molar-refractivity contribution >= 4 is 27.4 Å². The molecule has 0 aromatic heterocycles. The molecule has 32 heavy (non-hydrogen) atoms. The van der Waals surface area contributed by atoms with Crippen LogP contribution < -0.4 is 9.64 Å². The van der Waals surface area contributed by atoms with Crippen LogP contribution in [0, 0.1) is 17.0 Å². The molecule has 0 aliphatic carbocycles. The van der Waals surface area contributed by atoms with E-state index in [-0.39, 0.29) is 23.7 Å². The van der Waals surface area contributed by atoms with E-state index in [9.17, 15) is 28.4 Å². The molecule has 1 fully saturated rings. The van der Waals surface area contributed by atoms with Crippen molar-refractivity contribution in [2.75, 3.05) is 31.1 Å². The maximum Gasteiger partial charge on any atom is 0.347 e. The van der Waals surface area contributed by atoms with Crippen LogP contribution in [0.5, 0.6) is 5.75 Å². The highest BCUT2D eigenvalue weighted by molar-refractivity contribution is 7.89. The van der Waals surface area contributed by atoms with E-state index in [0.29, 0.717) is 24.4 Å². The SMILES string of the molecule is Cc1cc(S(=O)(=O)N2CCN(c3ccc([N+](=O)[O-])cc3)CC2)ccc1OC(C)(C)C(=O)O. The number of hydrogen-bond donors (Lipinski definition) is 1. The van der Waals surface area contributed by atoms with Gasteiger partial charge in [-0.05, 0) is 56.7 Å². The van der Waals surface area contributed by atoms with E-state index < -0.39 is 26.5 Å². The van der Waals surface area contributed by atoms with Crippen molar-refractivity contribution in [2.45, 2.75) is 31.3 Å². The molecule has 1 saturated heterocycles. The van der Waals surface area contributed by atoms with Gasteiger partial charge in [0.25, 0.3) is 5.69 Å². The van der Waals surface area contributed by atoms with E-state index >= 15 is 0 Å². The van der Waals surface area contributed by atoms with Crippen molar-refractivity contribution in [2.24, 2.45) is 0 Å². The summed E-state index contributed by atoms with van der Waals surface area (Å²) in [5.41, 5.74) is -0.125. The topological polar surface area (TPSA) is 130 Å². The molecule has 2 aromatic rings. The van der Waals surface area contributed by atoms with Crippen LogP contribution in [-0.2, 0) is 14.8 Å². The summed E-state index contributed by atoms with van der Waals surface area (Å²) in [7, 11) is -3.74. The predicted octanol–water partition coefficient (Wildman–Crippen LogP) is 2.66. The third kappa shape index (κ3) is 4.83. The van der Waals surface area contributed by atoms with Crippen LogP contribution in [0.2, 0.25) is 0 Å². The summed E-state index contributed by atoms with van der Waals surface area (Å²) in [4.78, 5) is 23.7. The fourth-order valence-electron chi connectivity index (χ4n) is 3.34. The van der Waals surface area contributed by atoms with Crippen molar-refractivity contribution in [1.29, 1.82) is 0 Å². The molecule has 0 radical (unpaired) electrons. The monoisotopic (exact) mass is 463 g/mol. The number of carboxylic acids is 1. The molecule has 0 saturated carbocycles. The summed E-state index contributed by atoms with van der Waals surface area (Å²) < 4.78 is 33.1. The first-order valence-corrected chi connectivity index (χ1v) is 11.4. The van der Waals surface area contributed by atoms with Gasteiger partial charge in [-0.25, -0.2) is 13.2 Å². The van der Waals surface area contributed by atoms with Crippen LogP contribution in [0.1, 0.15) is 19.4 Å². The van der Waals surface area contributed by atoms with E-state index in [1.54, 1.807) is 19.1 Å². The van der Waals surface area contributed by atoms with Gasteiger partial charge in [0.2, 0.25) is 10.0 Å². The summed E-state index contributed by atoms with van der Waals surface area (Å²) in [5, 5.41) is 20.0. The lowest BCUT2D eigenvalue weighted by Crippen LogP contribution is -2.48. The Bertz CT molecular complexity index is 1120. The van der Waals surface area contributed by atoms with Gasteiger partial charge in [0, 0.05) is 44.0 Å². The molecule has 0 spiro atoms. The van der Waals surface area contributed by atoms with E-state index in [0.717, 1.165) is 5.69 Å². The van der Waals surface area contributed by atoms with Gasteiger partial charge in [0.15, 0.2) is 5.60 Å². The van der Waals surface area contributed by atoms with Gasteiger partial charge in [0.1, 0.15) is 5.75 Å². The molecular weight excluding hydrogens is 438 g/mol. The number of carboxylic acid groups (broad SMARTS) is 1. The summed E-state index contributed by atoms with van der Waals surface area (Å²) in [5.74, 6) is -0.821. The molecule has 1 N–H and O–H groups in total. The van der Waals surface area contributed by atoms with Gasteiger partial charge in [0.05, 0.1) is 9.82 Å². The number of rotatable bonds is 7. The molecule has 172 valence electrons. The number of carbonyl (C=O) groups is 1. The smallest absolute Gasteiger partial charge is 0.347 e. The average molecular weight is 464 g/mol. The second-order valence-electron chi connectivity index (χ2n) is 8.01. The number of non-ortho nitro benzene ring substituents is 1. The highest BCUT2D eigenvalue weighted by Gasteiger charge is 2.32. The Morgan fingerprint density at radius 3 is 2.19 bits per heavy atom. The van der Waals surface area contributed by atoms with Crippen LogP contribution >= 0.6 is 0 Å². The Hall–Kier alpha value is -3.18. The number of benzene rings is 2. The van der Waals surface area contributed by atoms with E-state index in [1.165, 1.54) is 48.5 Å². The van der Waals surface area contributed by atoms with Gasteiger partial charge in [-0.2, -0.15) is 4.31 Å². The highest BCUT2D eigenvalue weighted by atomic mass is 32.2. The molecule has 3 rings (SSSR count). The Morgan fingerprint density at radius 2 is 1.69 bits per heavy atom. The van der Waals surface area contributed by atoms with Crippen molar-refractivity contribution < 1.29 is 28.0 Å². The average Bonchev–Trinajstić information content (AvgIpc) is 2.75. The lowest BCUT2D eigenvalue weighted by molar-refractivity contribution is -0.384. The number of sulfonamides is 1. The van der Waals surface area contributed by atoms with Crippen LogP contribution in [0.4, 0.5) is 11.4 Å². The van der Waals surface area contributed by atoms with Gasteiger partial charge >= 0.3 is 5.97 Å². The first-order chi connectivity index (χ1) is 14.9. The molecule has 2 aromatic carbocycles. The van der Waals surface area contributed by atoms with Crippen molar-refractivity contribution in [1.82, 2.24) is 4.31 Å². The largest absolute Gasteiger partial charge is 0.478 e. The number of aliphatic carboxylic acids is 1. The minimum absolute atomic E-state index is 0.00417. The summed E-state index contributed by atoms with van der Waals surface area (Å²) in [6.07, 6.45) is 0. The molecular formula is C21H25N3O7S. The lowest BCUT2D eigenvalue weighted by atomic mass is 10.1. The molecule has 0 bridgehead atoms. The third-order valence-corrected chi connectivity index (χ3v) is 7.22. The van der Waals surface area contributed by atoms with Gasteiger partial charge in [-0.3, -0.25) is 10.1 Å². The minimum Gasteiger partial charge on any atom is -0.478 e. The second-order valence-corrected chi connectivity index (χ2v) is 9.95. The first kappa shape index (κ1) is 23.5. The molecule has 10 nitrogen and oxygen atoms in total. The van der Waals surface area contributed by atoms with E-state index in [1.807, 2.05) is 4.90 Å². The second kappa shape index (κ2) is 8.75. The van der Waals surface area contributed by atoms with Crippen molar-refractivity contribution in [3.63, 3.8) is 0 Å². The molecule has 0 unspecified atom stereocenters. The number of ether oxygens (including phenoxy) is 1. The van der Waals surface area contributed by atoms with Crippen LogP contribution in [0.25, 0.3) is 0 Å². The molecule has 1 heterocycles. The third-order valence-electron chi connectivity index (χ3n) is 5.33. The maximum absolute atomic E-state index is 13.1. The molecule has 0 amide bonds. The fourth-order valence-corrected chi connectivity index (χ4v) is 4.84. The number of piperazine rings is 1. The summed E-state index contributed by atoms with van der Waals surface area (Å²) >= 11 is 0. The minimum atomic E-state index is -3.74. The standard InChI is InChI=1S/C21H25N3O7S/c1-15-14-18(8-9-19(15)31-21(2,3)20(25)26)32(29,30)23-12-10-22(11-13-23)16-4-6-17(7-5-16)24(27)28/h4-9,14H,10-13H2,1-3H3,(H,25,26). The lowest BCUT2D eigenvalue weighted by Gasteiger charge is -2.35.